The van der Waals surface area contributed by atoms with Gasteiger partial charge < -0.3 is 24.5 Å². The molecule has 8 heteroatoms. The summed E-state index contributed by atoms with van der Waals surface area (Å²) in [7, 11) is 1.73. The molecule has 1 aromatic rings. The highest BCUT2D eigenvalue weighted by molar-refractivity contribution is 5.99. The molecule has 1 aromatic carbocycles. The van der Waals surface area contributed by atoms with Gasteiger partial charge in [0.15, 0.2) is 0 Å². The fourth-order valence-corrected chi connectivity index (χ4v) is 7.07. The van der Waals surface area contributed by atoms with Crippen molar-refractivity contribution >= 4 is 17.7 Å². The Morgan fingerprint density at radius 1 is 1.10 bits per heavy atom. The number of fused-ring (bicyclic) bond motifs is 1. The van der Waals surface area contributed by atoms with Crippen LogP contribution in [0.5, 0.6) is 0 Å². The lowest BCUT2D eigenvalue weighted by molar-refractivity contribution is -0.155. The van der Waals surface area contributed by atoms with Gasteiger partial charge in [0, 0.05) is 39.8 Å². The number of hydrogen-bond donors (Lipinski definition) is 1. The summed E-state index contributed by atoms with van der Waals surface area (Å²) in [4.78, 5) is 47.6. The van der Waals surface area contributed by atoms with Crippen molar-refractivity contribution in [3.63, 3.8) is 0 Å². The van der Waals surface area contributed by atoms with Gasteiger partial charge in [0.2, 0.25) is 17.7 Å². The number of ether oxygens (including phenoxy) is 1. The van der Waals surface area contributed by atoms with E-state index in [0.717, 1.165) is 12.0 Å². The Morgan fingerprint density at radius 3 is 2.46 bits per heavy atom. The second-order valence-corrected chi connectivity index (χ2v) is 11.1. The SMILES string of the molecule is C=CCN(C)C(=O)[C@H]1[C@H]2C(=O)N(CCCCCO)C(C(=O)N(CC=C)Cc3ccccc3)C23CC[C@]1(CC)O3. The first kappa shape index (κ1) is 29.0. The van der Waals surface area contributed by atoms with Crippen molar-refractivity contribution in [1.82, 2.24) is 14.7 Å². The normalized spacial score (nSPS) is 28.8. The summed E-state index contributed by atoms with van der Waals surface area (Å²) in [5, 5.41) is 9.27. The maximum atomic E-state index is 14.5. The van der Waals surface area contributed by atoms with Gasteiger partial charge in [-0.1, -0.05) is 49.4 Å². The van der Waals surface area contributed by atoms with Gasteiger partial charge in [0.1, 0.15) is 11.6 Å². The Labute approximate surface area is 232 Å². The summed E-state index contributed by atoms with van der Waals surface area (Å²) in [6.45, 7) is 11.2. The zero-order valence-electron chi connectivity index (χ0n) is 23.4. The number of amides is 3. The number of carbonyl (C=O) groups excluding carboxylic acids is 3. The van der Waals surface area contributed by atoms with Crippen LogP contribution in [0.2, 0.25) is 0 Å². The average Bonchev–Trinajstić information content (AvgIpc) is 3.54. The maximum Gasteiger partial charge on any atom is 0.248 e. The molecule has 39 heavy (non-hydrogen) atoms. The van der Waals surface area contributed by atoms with Crippen LogP contribution in [0.1, 0.15) is 51.0 Å². The van der Waals surface area contributed by atoms with Crippen molar-refractivity contribution in [3.8, 4) is 0 Å². The zero-order chi connectivity index (χ0) is 28.2. The molecule has 3 aliphatic rings. The van der Waals surface area contributed by atoms with Gasteiger partial charge >= 0.3 is 0 Å². The molecule has 3 heterocycles. The third-order valence-electron chi connectivity index (χ3n) is 8.89. The largest absolute Gasteiger partial charge is 0.396 e. The molecule has 3 aliphatic heterocycles. The average molecular weight is 538 g/mol. The molecule has 212 valence electrons. The van der Waals surface area contributed by atoms with Crippen molar-refractivity contribution in [1.29, 1.82) is 0 Å². The first-order chi connectivity index (χ1) is 18.8. The molecule has 2 bridgehead atoms. The highest BCUT2D eigenvalue weighted by Crippen LogP contribution is 2.64. The second-order valence-electron chi connectivity index (χ2n) is 11.1. The monoisotopic (exact) mass is 537 g/mol. The molecule has 8 nitrogen and oxygen atoms in total. The summed E-state index contributed by atoms with van der Waals surface area (Å²) in [6.07, 6.45) is 7.19. The second kappa shape index (κ2) is 12.0. The lowest BCUT2D eigenvalue weighted by Gasteiger charge is -2.37. The summed E-state index contributed by atoms with van der Waals surface area (Å²) < 4.78 is 6.87. The molecule has 0 saturated carbocycles. The topological polar surface area (TPSA) is 90.4 Å². The van der Waals surface area contributed by atoms with E-state index in [1.807, 2.05) is 37.3 Å². The van der Waals surface area contributed by atoms with Crippen LogP contribution in [0.15, 0.2) is 55.6 Å². The predicted octanol–water partition coefficient (Wildman–Crippen LogP) is 3.16. The van der Waals surface area contributed by atoms with E-state index >= 15 is 0 Å². The summed E-state index contributed by atoms with van der Waals surface area (Å²) >= 11 is 0. The Balaban J connectivity index is 1.74. The van der Waals surface area contributed by atoms with E-state index in [9.17, 15) is 19.5 Å². The fraction of sp³-hybridized carbons (Fsp3) is 0.581. The van der Waals surface area contributed by atoms with Crippen LogP contribution in [-0.4, -0.2) is 88.1 Å². The van der Waals surface area contributed by atoms with Gasteiger partial charge in [-0.15, -0.1) is 13.2 Å². The number of rotatable bonds is 14. The molecule has 3 fully saturated rings. The van der Waals surface area contributed by atoms with E-state index in [1.165, 1.54) is 0 Å². The molecule has 4 rings (SSSR count). The van der Waals surface area contributed by atoms with Gasteiger partial charge in [-0.3, -0.25) is 14.4 Å². The van der Waals surface area contributed by atoms with Crippen molar-refractivity contribution in [2.45, 2.75) is 69.2 Å². The first-order valence-corrected chi connectivity index (χ1v) is 14.2. The molecule has 1 spiro atoms. The molecule has 0 radical (unpaired) electrons. The number of nitrogens with zero attached hydrogens (tertiary/aromatic N) is 3. The van der Waals surface area contributed by atoms with Crippen molar-refractivity contribution in [2.75, 3.05) is 33.3 Å². The molecule has 5 atom stereocenters. The Morgan fingerprint density at radius 2 is 1.82 bits per heavy atom. The number of carbonyl (C=O) groups is 3. The Bertz CT molecular complexity index is 1080. The van der Waals surface area contributed by atoms with Gasteiger partial charge in [-0.2, -0.15) is 0 Å². The summed E-state index contributed by atoms with van der Waals surface area (Å²) in [5.74, 6) is -1.82. The number of aliphatic hydroxyl groups is 1. The van der Waals surface area contributed by atoms with Crippen LogP contribution >= 0.6 is 0 Å². The van der Waals surface area contributed by atoms with E-state index in [1.54, 1.807) is 33.9 Å². The van der Waals surface area contributed by atoms with E-state index in [-0.39, 0.29) is 24.3 Å². The van der Waals surface area contributed by atoms with Crippen molar-refractivity contribution < 1.29 is 24.2 Å². The number of benzene rings is 1. The minimum Gasteiger partial charge on any atom is -0.396 e. The van der Waals surface area contributed by atoms with E-state index in [0.29, 0.717) is 58.3 Å². The standard InChI is InChI=1S/C31H43N3O5/c1-5-18-32(4)27(36)24-25-28(37)34(20-12-9-13-21-35)26(31(25)17-16-30(24,7-3)39-31)29(38)33(19-6-2)22-23-14-10-8-11-15-23/h5-6,8,10-11,14-15,24-26,35H,1-2,7,9,12-13,16-22H2,3-4H3/t24-,25+,26?,30+,31?/m1/s1. The quantitative estimate of drug-likeness (QED) is 0.291. The van der Waals surface area contributed by atoms with E-state index in [2.05, 4.69) is 13.2 Å². The third-order valence-corrected chi connectivity index (χ3v) is 8.89. The number of aliphatic hydroxyl groups excluding tert-OH is 1. The van der Waals surface area contributed by atoms with Gasteiger partial charge in [-0.05, 0) is 44.1 Å². The molecule has 0 aromatic heterocycles. The molecular weight excluding hydrogens is 494 g/mol. The van der Waals surface area contributed by atoms with Crippen LogP contribution < -0.4 is 0 Å². The van der Waals surface area contributed by atoms with Crippen molar-refractivity contribution in [2.24, 2.45) is 11.8 Å². The molecule has 3 saturated heterocycles. The Hall–Kier alpha value is -2.97. The van der Waals surface area contributed by atoms with Gasteiger partial charge in [-0.25, -0.2) is 0 Å². The van der Waals surface area contributed by atoms with Crippen LogP contribution in [0.25, 0.3) is 0 Å². The molecule has 1 N–H and O–H groups in total. The molecular formula is C31H43N3O5. The number of unbranched alkanes of at least 4 members (excludes halogenated alkanes) is 2. The molecule has 0 aliphatic carbocycles. The number of likely N-dealkylation sites (tertiary alicyclic amines) is 1. The minimum atomic E-state index is -1.05. The van der Waals surface area contributed by atoms with Crippen LogP contribution in [-0.2, 0) is 25.7 Å². The predicted molar refractivity (Wildman–Crippen MR) is 149 cm³/mol. The first-order valence-electron chi connectivity index (χ1n) is 14.2. The highest BCUT2D eigenvalue weighted by Gasteiger charge is 2.78. The lowest BCUT2D eigenvalue weighted by Crippen LogP contribution is -2.56. The number of hydrogen-bond acceptors (Lipinski definition) is 5. The summed E-state index contributed by atoms with van der Waals surface area (Å²) in [6, 6.07) is 8.96. The van der Waals surface area contributed by atoms with Crippen LogP contribution in [0, 0.1) is 11.8 Å². The summed E-state index contributed by atoms with van der Waals surface area (Å²) in [5.41, 5.74) is -0.828. The Kier molecular flexibility index (Phi) is 8.96. The third kappa shape index (κ3) is 5.05. The smallest absolute Gasteiger partial charge is 0.248 e. The van der Waals surface area contributed by atoms with Gasteiger partial charge in [0.25, 0.3) is 0 Å². The van der Waals surface area contributed by atoms with E-state index in [4.69, 9.17) is 4.74 Å². The van der Waals surface area contributed by atoms with Crippen LogP contribution in [0.3, 0.4) is 0 Å². The number of likely N-dealkylation sites (N-methyl/N-ethyl adjacent to an activating group) is 1. The minimum absolute atomic E-state index is 0.0847. The van der Waals surface area contributed by atoms with Gasteiger partial charge in [0.05, 0.1) is 17.4 Å². The van der Waals surface area contributed by atoms with Crippen LogP contribution in [0.4, 0.5) is 0 Å². The molecule has 3 amide bonds. The molecule has 2 unspecified atom stereocenters. The lowest BCUT2D eigenvalue weighted by atomic mass is 9.64. The maximum absolute atomic E-state index is 14.5. The van der Waals surface area contributed by atoms with E-state index < -0.39 is 29.1 Å². The van der Waals surface area contributed by atoms with Crippen molar-refractivity contribution in [3.05, 3.63) is 61.2 Å². The highest BCUT2D eigenvalue weighted by atomic mass is 16.5. The fourth-order valence-electron chi connectivity index (χ4n) is 7.07. The zero-order valence-corrected chi connectivity index (χ0v) is 23.4.